The number of halogens is 1. The third-order valence-electron chi connectivity index (χ3n) is 3.74. The fourth-order valence-electron chi connectivity index (χ4n) is 2.55. The summed E-state index contributed by atoms with van der Waals surface area (Å²) < 4.78 is 6.51. The third kappa shape index (κ3) is 3.88. The molecule has 3 nitrogen and oxygen atoms in total. The van der Waals surface area contributed by atoms with Crippen molar-refractivity contribution in [3.05, 3.63) is 34.3 Å². The average molecular weight is 326 g/mol. The molecule has 2 atom stereocenters. The van der Waals surface area contributed by atoms with Crippen LogP contribution in [0.25, 0.3) is 0 Å². The molecular weight excluding hydrogens is 306 g/mol. The molecule has 1 saturated heterocycles. The largest absolute Gasteiger partial charge is 0.377 e. The highest BCUT2D eigenvalue weighted by molar-refractivity contribution is 9.10. The van der Waals surface area contributed by atoms with Crippen molar-refractivity contribution in [2.75, 3.05) is 20.2 Å². The molecule has 1 aliphatic heterocycles. The number of carbonyl (C=O) groups excluding carboxylic acids is 1. The number of likely N-dealkylation sites (N-methyl/N-ethyl adjacent to an activating group) is 1. The van der Waals surface area contributed by atoms with Gasteiger partial charge in [-0.2, -0.15) is 0 Å². The zero-order valence-corrected chi connectivity index (χ0v) is 13.0. The molecule has 0 N–H and O–H groups in total. The number of rotatable bonds is 5. The molecule has 1 aliphatic rings. The van der Waals surface area contributed by atoms with Crippen molar-refractivity contribution >= 4 is 21.7 Å². The van der Waals surface area contributed by atoms with Gasteiger partial charge in [0.25, 0.3) is 0 Å². The Bertz CT molecular complexity index is 450. The highest BCUT2D eigenvalue weighted by atomic mass is 79.9. The van der Waals surface area contributed by atoms with E-state index in [1.807, 2.05) is 24.3 Å². The third-order valence-corrected chi connectivity index (χ3v) is 4.23. The molecule has 0 aromatic heterocycles. The normalized spacial score (nSPS) is 22.9. The summed E-state index contributed by atoms with van der Waals surface area (Å²) in [5.74, 6) is 0.194. The lowest BCUT2D eigenvalue weighted by atomic mass is 10.1. The van der Waals surface area contributed by atoms with Gasteiger partial charge < -0.3 is 9.64 Å². The molecule has 1 aromatic carbocycles. The number of hydrogen-bond acceptors (Lipinski definition) is 3. The predicted molar refractivity (Wildman–Crippen MR) is 79.5 cm³/mol. The summed E-state index contributed by atoms with van der Waals surface area (Å²) in [7, 11) is 2.07. The fourth-order valence-corrected chi connectivity index (χ4v) is 2.95. The number of carbonyl (C=O) groups is 1. The minimum absolute atomic E-state index is 0.194. The van der Waals surface area contributed by atoms with Gasteiger partial charge >= 0.3 is 0 Å². The van der Waals surface area contributed by atoms with Gasteiger partial charge in [0.05, 0.1) is 6.10 Å². The summed E-state index contributed by atoms with van der Waals surface area (Å²) in [5, 5.41) is 0. The van der Waals surface area contributed by atoms with Crippen molar-refractivity contribution in [2.24, 2.45) is 0 Å². The van der Waals surface area contributed by atoms with Crippen LogP contribution < -0.4 is 0 Å². The van der Waals surface area contributed by atoms with Gasteiger partial charge in [-0.1, -0.05) is 28.1 Å². The lowest BCUT2D eigenvalue weighted by molar-refractivity contribution is 0.0793. The van der Waals surface area contributed by atoms with Crippen molar-refractivity contribution < 1.29 is 9.53 Å². The van der Waals surface area contributed by atoms with Gasteiger partial charge in [-0.05, 0) is 32.5 Å². The second-order valence-electron chi connectivity index (χ2n) is 5.10. The monoisotopic (exact) mass is 325 g/mol. The van der Waals surface area contributed by atoms with E-state index in [0.29, 0.717) is 12.5 Å². The van der Waals surface area contributed by atoms with Crippen molar-refractivity contribution in [3.63, 3.8) is 0 Å². The van der Waals surface area contributed by atoms with Crippen LogP contribution in [0, 0.1) is 0 Å². The minimum Gasteiger partial charge on any atom is -0.377 e. The van der Waals surface area contributed by atoms with E-state index in [1.54, 1.807) is 0 Å². The average Bonchev–Trinajstić information content (AvgIpc) is 2.82. The maximum absolute atomic E-state index is 12.1. The van der Waals surface area contributed by atoms with Gasteiger partial charge in [0.2, 0.25) is 0 Å². The van der Waals surface area contributed by atoms with Crippen LogP contribution in [0.3, 0.4) is 0 Å². The molecule has 1 fully saturated rings. The Morgan fingerprint density at radius 3 is 2.95 bits per heavy atom. The standard InChI is InChI=1S/C15H20BrNO2/c1-11-14(7-9-19-11)17(2)8-6-15(18)12-4-3-5-13(16)10-12/h3-5,10-11,14H,6-9H2,1-2H3. The highest BCUT2D eigenvalue weighted by Crippen LogP contribution is 2.19. The highest BCUT2D eigenvalue weighted by Gasteiger charge is 2.27. The van der Waals surface area contributed by atoms with Crippen LogP contribution in [0.15, 0.2) is 28.7 Å². The van der Waals surface area contributed by atoms with Crippen LogP contribution in [0.2, 0.25) is 0 Å². The first-order chi connectivity index (χ1) is 9.08. The van der Waals surface area contributed by atoms with Gasteiger partial charge in [0, 0.05) is 35.7 Å². The van der Waals surface area contributed by atoms with Crippen LogP contribution in [0.4, 0.5) is 0 Å². The molecule has 1 heterocycles. The number of ether oxygens (including phenoxy) is 1. The van der Waals surface area contributed by atoms with Gasteiger partial charge in [0.15, 0.2) is 5.78 Å². The first kappa shape index (κ1) is 14.7. The molecule has 0 saturated carbocycles. The van der Waals surface area contributed by atoms with E-state index in [2.05, 4.69) is 34.8 Å². The van der Waals surface area contributed by atoms with Gasteiger partial charge in [0.1, 0.15) is 0 Å². The molecule has 0 amide bonds. The van der Waals surface area contributed by atoms with Crippen LogP contribution in [0.5, 0.6) is 0 Å². The first-order valence-corrected chi connectivity index (χ1v) is 7.48. The fraction of sp³-hybridized carbons (Fsp3) is 0.533. The Morgan fingerprint density at radius 2 is 2.32 bits per heavy atom. The SMILES string of the molecule is CC1OCCC1N(C)CCC(=O)c1cccc(Br)c1. The van der Waals surface area contributed by atoms with Crippen LogP contribution in [0.1, 0.15) is 30.1 Å². The topological polar surface area (TPSA) is 29.5 Å². The quantitative estimate of drug-likeness (QED) is 0.779. The zero-order valence-electron chi connectivity index (χ0n) is 11.4. The number of hydrogen-bond donors (Lipinski definition) is 0. The zero-order chi connectivity index (χ0) is 13.8. The second kappa shape index (κ2) is 6.64. The Morgan fingerprint density at radius 1 is 1.53 bits per heavy atom. The Kier molecular flexibility index (Phi) is 5.13. The van der Waals surface area contributed by atoms with E-state index < -0.39 is 0 Å². The van der Waals surface area contributed by atoms with Crippen LogP contribution >= 0.6 is 15.9 Å². The van der Waals surface area contributed by atoms with E-state index in [9.17, 15) is 4.79 Å². The Balaban J connectivity index is 1.86. The molecule has 0 radical (unpaired) electrons. The van der Waals surface area contributed by atoms with E-state index >= 15 is 0 Å². The summed E-state index contributed by atoms with van der Waals surface area (Å²) in [5.41, 5.74) is 0.776. The van der Waals surface area contributed by atoms with Crippen molar-refractivity contribution in [3.8, 4) is 0 Å². The van der Waals surface area contributed by atoms with Gasteiger partial charge in [-0.3, -0.25) is 4.79 Å². The van der Waals surface area contributed by atoms with Crippen LogP contribution in [-0.2, 0) is 4.74 Å². The summed E-state index contributed by atoms with van der Waals surface area (Å²) in [6.07, 6.45) is 1.88. The summed E-state index contributed by atoms with van der Waals surface area (Å²) >= 11 is 3.39. The number of ketones is 1. The lowest BCUT2D eigenvalue weighted by Crippen LogP contribution is -2.37. The maximum Gasteiger partial charge on any atom is 0.164 e. The maximum atomic E-state index is 12.1. The smallest absolute Gasteiger partial charge is 0.164 e. The molecule has 2 rings (SSSR count). The molecular formula is C15H20BrNO2. The van der Waals surface area contributed by atoms with Crippen molar-refractivity contribution in [2.45, 2.75) is 31.9 Å². The van der Waals surface area contributed by atoms with E-state index in [0.717, 1.165) is 29.6 Å². The lowest BCUT2D eigenvalue weighted by Gasteiger charge is -2.26. The van der Waals surface area contributed by atoms with Crippen molar-refractivity contribution in [1.82, 2.24) is 4.90 Å². The molecule has 2 unspecified atom stereocenters. The summed E-state index contributed by atoms with van der Waals surface area (Å²) in [4.78, 5) is 14.4. The summed E-state index contributed by atoms with van der Waals surface area (Å²) in [6.45, 7) is 3.71. The van der Waals surface area contributed by atoms with E-state index in [4.69, 9.17) is 4.74 Å². The molecule has 1 aromatic rings. The molecule has 19 heavy (non-hydrogen) atoms. The van der Waals surface area contributed by atoms with Gasteiger partial charge in [-0.25, -0.2) is 0 Å². The Hall–Kier alpha value is -0.710. The molecule has 4 heteroatoms. The van der Waals surface area contributed by atoms with E-state index in [-0.39, 0.29) is 11.9 Å². The Labute approximate surface area is 123 Å². The predicted octanol–water partition coefficient (Wildman–Crippen LogP) is 3.13. The summed E-state index contributed by atoms with van der Waals surface area (Å²) in [6, 6.07) is 8.02. The van der Waals surface area contributed by atoms with E-state index in [1.165, 1.54) is 0 Å². The van der Waals surface area contributed by atoms with Crippen LogP contribution in [-0.4, -0.2) is 43.0 Å². The minimum atomic E-state index is 0.194. The first-order valence-electron chi connectivity index (χ1n) is 6.68. The molecule has 0 bridgehead atoms. The molecule has 0 spiro atoms. The second-order valence-corrected chi connectivity index (χ2v) is 6.01. The molecule has 0 aliphatic carbocycles. The number of nitrogens with zero attached hydrogens (tertiary/aromatic N) is 1. The number of benzene rings is 1. The van der Waals surface area contributed by atoms with Gasteiger partial charge in [-0.15, -0.1) is 0 Å². The molecule has 104 valence electrons. The number of Topliss-reactive ketones (excluding diaryl/α,β-unsaturated/α-hetero) is 1. The van der Waals surface area contributed by atoms with Crippen molar-refractivity contribution in [1.29, 1.82) is 0 Å².